The second-order valence-electron chi connectivity index (χ2n) is 4.64. The Bertz CT molecular complexity index is 701. The molecule has 3 rings (SSSR count). The molecule has 4 heteroatoms. The SMILES string of the molecule is Cc1cccc2nc(N)n(CCc3ccccn3)c12. The molecule has 0 aliphatic rings. The van der Waals surface area contributed by atoms with Crippen molar-refractivity contribution < 1.29 is 0 Å². The number of rotatable bonds is 3. The van der Waals surface area contributed by atoms with Crippen LogP contribution in [-0.2, 0) is 13.0 Å². The summed E-state index contributed by atoms with van der Waals surface area (Å²) in [5.74, 6) is 0.570. The van der Waals surface area contributed by atoms with Crippen molar-refractivity contribution in [3.05, 3.63) is 53.9 Å². The van der Waals surface area contributed by atoms with Crippen LogP contribution < -0.4 is 5.73 Å². The van der Waals surface area contributed by atoms with Crippen LogP contribution in [-0.4, -0.2) is 14.5 Å². The lowest BCUT2D eigenvalue weighted by Crippen LogP contribution is -2.07. The summed E-state index contributed by atoms with van der Waals surface area (Å²) in [5.41, 5.74) is 10.4. The highest BCUT2D eigenvalue weighted by Crippen LogP contribution is 2.21. The Morgan fingerprint density at radius 1 is 1.16 bits per heavy atom. The Hall–Kier alpha value is -2.36. The van der Waals surface area contributed by atoms with Crippen LogP contribution in [0.3, 0.4) is 0 Å². The minimum Gasteiger partial charge on any atom is -0.369 e. The number of nitrogens with zero attached hydrogens (tertiary/aromatic N) is 3. The van der Waals surface area contributed by atoms with Gasteiger partial charge >= 0.3 is 0 Å². The summed E-state index contributed by atoms with van der Waals surface area (Å²) >= 11 is 0. The molecular weight excluding hydrogens is 236 g/mol. The van der Waals surface area contributed by atoms with Crippen LogP contribution in [0.1, 0.15) is 11.3 Å². The van der Waals surface area contributed by atoms with Gasteiger partial charge in [0, 0.05) is 24.9 Å². The first-order chi connectivity index (χ1) is 9.25. The van der Waals surface area contributed by atoms with Crippen LogP contribution in [0.5, 0.6) is 0 Å². The van der Waals surface area contributed by atoms with E-state index in [1.54, 1.807) is 0 Å². The number of nitrogens with two attached hydrogens (primary N) is 1. The van der Waals surface area contributed by atoms with Crippen LogP contribution in [0.2, 0.25) is 0 Å². The van der Waals surface area contributed by atoms with Crippen LogP contribution in [0.4, 0.5) is 5.95 Å². The van der Waals surface area contributed by atoms with Crippen molar-refractivity contribution in [2.24, 2.45) is 0 Å². The summed E-state index contributed by atoms with van der Waals surface area (Å²) in [7, 11) is 0. The molecule has 0 unspecified atom stereocenters. The van der Waals surface area contributed by atoms with E-state index in [4.69, 9.17) is 5.73 Å². The third-order valence-electron chi connectivity index (χ3n) is 3.32. The van der Waals surface area contributed by atoms with Crippen LogP contribution in [0.25, 0.3) is 11.0 Å². The topological polar surface area (TPSA) is 56.7 Å². The van der Waals surface area contributed by atoms with Gasteiger partial charge in [-0.3, -0.25) is 4.98 Å². The maximum Gasteiger partial charge on any atom is 0.201 e. The van der Waals surface area contributed by atoms with E-state index in [2.05, 4.69) is 27.5 Å². The van der Waals surface area contributed by atoms with Gasteiger partial charge in [0.1, 0.15) is 0 Å². The number of aromatic nitrogens is 3. The molecule has 0 aliphatic heterocycles. The standard InChI is InChI=1S/C15H16N4/c1-11-5-4-7-13-14(11)19(15(16)18-13)10-8-12-6-2-3-9-17-12/h2-7,9H,8,10H2,1H3,(H2,16,18). The molecule has 19 heavy (non-hydrogen) atoms. The molecule has 1 aromatic carbocycles. The number of pyridine rings is 1. The largest absolute Gasteiger partial charge is 0.369 e. The quantitative estimate of drug-likeness (QED) is 0.779. The molecule has 2 N–H and O–H groups in total. The smallest absolute Gasteiger partial charge is 0.201 e. The summed E-state index contributed by atoms with van der Waals surface area (Å²) < 4.78 is 2.07. The number of nitrogen functional groups attached to an aromatic ring is 1. The van der Waals surface area contributed by atoms with E-state index < -0.39 is 0 Å². The summed E-state index contributed by atoms with van der Waals surface area (Å²) in [6.07, 6.45) is 2.67. The van der Waals surface area contributed by atoms with Crippen molar-refractivity contribution in [3.63, 3.8) is 0 Å². The maximum absolute atomic E-state index is 6.02. The molecule has 2 heterocycles. The van der Waals surface area contributed by atoms with Crippen molar-refractivity contribution in [1.82, 2.24) is 14.5 Å². The van der Waals surface area contributed by atoms with Crippen LogP contribution >= 0.6 is 0 Å². The number of benzene rings is 1. The Balaban J connectivity index is 1.95. The average Bonchev–Trinajstić information content (AvgIpc) is 2.75. The maximum atomic E-state index is 6.02. The minimum absolute atomic E-state index is 0.570. The molecule has 0 radical (unpaired) electrons. The van der Waals surface area contributed by atoms with Crippen molar-refractivity contribution in [2.45, 2.75) is 19.9 Å². The molecule has 0 amide bonds. The molecular formula is C15H16N4. The highest BCUT2D eigenvalue weighted by molar-refractivity contribution is 5.81. The summed E-state index contributed by atoms with van der Waals surface area (Å²) in [4.78, 5) is 8.74. The van der Waals surface area contributed by atoms with E-state index >= 15 is 0 Å². The number of imidazole rings is 1. The van der Waals surface area contributed by atoms with Crippen LogP contribution in [0.15, 0.2) is 42.6 Å². The zero-order chi connectivity index (χ0) is 13.2. The third-order valence-corrected chi connectivity index (χ3v) is 3.32. The predicted octanol–water partition coefficient (Wildman–Crippen LogP) is 2.56. The Labute approximate surface area is 111 Å². The highest BCUT2D eigenvalue weighted by Gasteiger charge is 2.09. The first kappa shape index (κ1) is 11.7. The normalized spacial score (nSPS) is 11.0. The van der Waals surface area contributed by atoms with Gasteiger partial charge in [0.15, 0.2) is 0 Å². The number of fused-ring (bicyclic) bond motifs is 1. The second-order valence-corrected chi connectivity index (χ2v) is 4.64. The van der Waals surface area contributed by atoms with Crippen molar-refractivity contribution in [2.75, 3.05) is 5.73 Å². The lowest BCUT2D eigenvalue weighted by atomic mass is 10.2. The van der Waals surface area contributed by atoms with Gasteiger partial charge in [-0.2, -0.15) is 0 Å². The molecule has 96 valence electrons. The number of para-hydroxylation sites is 1. The lowest BCUT2D eigenvalue weighted by molar-refractivity contribution is 0.712. The van der Waals surface area contributed by atoms with Gasteiger partial charge in [0.05, 0.1) is 11.0 Å². The zero-order valence-corrected chi connectivity index (χ0v) is 10.9. The molecule has 0 fully saturated rings. The van der Waals surface area contributed by atoms with Crippen LogP contribution in [0, 0.1) is 6.92 Å². The summed E-state index contributed by atoms with van der Waals surface area (Å²) in [6.45, 7) is 2.88. The fourth-order valence-corrected chi connectivity index (χ4v) is 2.38. The molecule has 0 aliphatic carbocycles. The minimum atomic E-state index is 0.570. The van der Waals surface area contributed by atoms with Crippen molar-refractivity contribution >= 4 is 17.0 Å². The lowest BCUT2D eigenvalue weighted by Gasteiger charge is -2.07. The highest BCUT2D eigenvalue weighted by atomic mass is 15.1. The number of aryl methyl sites for hydroxylation is 3. The number of anilines is 1. The van der Waals surface area contributed by atoms with Crippen molar-refractivity contribution in [1.29, 1.82) is 0 Å². The summed E-state index contributed by atoms with van der Waals surface area (Å²) in [5, 5.41) is 0. The molecule has 0 spiro atoms. The second kappa shape index (κ2) is 4.72. The number of hydrogen-bond acceptors (Lipinski definition) is 3. The van der Waals surface area contributed by atoms with Gasteiger partial charge in [-0.25, -0.2) is 4.98 Å². The summed E-state index contributed by atoms with van der Waals surface area (Å²) in [6, 6.07) is 12.0. The van der Waals surface area contributed by atoms with Gasteiger partial charge in [-0.1, -0.05) is 18.2 Å². The Morgan fingerprint density at radius 3 is 2.84 bits per heavy atom. The molecule has 0 saturated heterocycles. The fourth-order valence-electron chi connectivity index (χ4n) is 2.38. The van der Waals surface area contributed by atoms with Crippen molar-refractivity contribution in [3.8, 4) is 0 Å². The first-order valence-electron chi connectivity index (χ1n) is 6.37. The number of hydrogen-bond donors (Lipinski definition) is 1. The first-order valence-corrected chi connectivity index (χ1v) is 6.37. The monoisotopic (exact) mass is 252 g/mol. The van der Waals surface area contributed by atoms with E-state index in [0.717, 1.165) is 29.7 Å². The van der Waals surface area contributed by atoms with E-state index in [9.17, 15) is 0 Å². The van der Waals surface area contributed by atoms with E-state index in [1.807, 2.05) is 36.5 Å². The Kier molecular flexibility index (Phi) is 2.91. The van der Waals surface area contributed by atoms with Gasteiger partial charge < -0.3 is 10.3 Å². The third kappa shape index (κ3) is 2.17. The molecule has 0 saturated carbocycles. The Morgan fingerprint density at radius 2 is 2.05 bits per heavy atom. The molecule has 0 bridgehead atoms. The molecule has 3 aromatic rings. The average molecular weight is 252 g/mol. The van der Waals surface area contributed by atoms with E-state index in [0.29, 0.717) is 5.95 Å². The molecule has 2 aromatic heterocycles. The predicted molar refractivity (Wildman–Crippen MR) is 76.8 cm³/mol. The van der Waals surface area contributed by atoms with E-state index in [-0.39, 0.29) is 0 Å². The molecule has 4 nitrogen and oxygen atoms in total. The van der Waals surface area contributed by atoms with Gasteiger partial charge in [-0.05, 0) is 30.7 Å². The van der Waals surface area contributed by atoms with E-state index in [1.165, 1.54) is 5.56 Å². The molecule has 0 atom stereocenters. The fraction of sp³-hybridized carbons (Fsp3) is 0.200. The van der Waals surface area contributed by atoms with Gasteiger partial charge in [0.2, 0.25) is 5.95 Å². The van der Waals surface area contributed by atoms with Gasteiger partial charge in [-0.15, -0.1) is 0 Å². The zero-order valence-electron chi connectivity index (χ0n) is 10.9. The van der Waals surface area contributed by atoms with Gasteiger partial charge in [0.25, 0.3) is 0 Å².